The standard InChI is InChI=1S/C18H21NO/c1-14-7-9-16(10-8-14)18(20)11-12-19(3)17-6-4-5-15(2)13-17/h4-10,13H,11-12H2,1-3H3. The van der Waals surface area contributed by atoms with Gasteiger partial charge in [0.25, 0.3) is 0 Å². The molecule has 0 heterocycles. The van der Waals surface area contributed by atoms with Crippen LogP contribution in [0.1, 0.15) is 27.9 Å². The zero-order chi connectivity index (χ0) is 14.5. The number of benzene rings is 2. The lowest BCUT2D eigenvalue weighted by atomic mass is 10.1. The molecular formula is C18H21NO. The predicted molar refractivity (Wildman–Crippen MR) is 84.6 cm³/mol. The Balaban J connectivity index is 1.94. The Labute approximate surface area is 121 Å². The summed E-state index contributed by atoms with van der Waals surface area (Å²) in [7, 11) is 2.02. The molecule has 0 N–H and O–H groups in total. The second-order valence-corrected chi connectivity index (χ2v) is 5.30. The molecule has 20 heavy (non-hydrogen) atoms. The van der Waals surface area contributed by atoms with E-state index in [-0.39, 0.29) is 5.78 Å². The summed E-state index contributed by atoms with van der Waals surface area (Å²) in [5.74, 6) is 0.199. The van der Waals surface area contributed by atoms with E-state index in [0.29, 0.717) is 6.42 Å². The molecule has 0 fully saturated rings. The summed E-state index contributed by atoms with van der Waals surface area (Å²) >= 11 is 0. The van der Waals surface area contributed by atoms with Crippen molar-refractivity contribution in [3.63, 3.8) is 0 Å². The van der Waals surface area contributed by atoms with E-state index in [1.807, 2.05) is 44.3 Å². The Morgan fingerprint density at radius 3 is 2.35 bits per heavy atom. The van der Waals surface area contributed by atoms with Crippen LogP contribution in [-0.2, 0) is 0 Å². The number of hydrogen-bond acceptors (Lipinski definition) is 2. The second kappa shape index (κ2) is 6.38. The number of carbonyl (C=O) groups is 1. The lowest BCUT2D eigenvalue weighted by Crippen LogP contribution is -2.21. The van der Waals surface area contributed by atoms with E-state index >= 15 is 0 Å². The highest BCUT2D eigenvalue weighted by Crippen LogP contribution is 2.15. The van der Waals surface area contributed by atoms with Gasteiger partial charge in [-0.15, -0.1) is 0 Å². The minimum atomic E-state index is 0.199. The van der Waals surface area contributed by atoms with Crippen molar-refractivity contribution in [2.45, 2.75) is 20.3 Å². The topological polar surface area (TPSA) is 20.3 Å². The molecule has 104 valence electrons. The first-order valence-corrected chi connectivity index (χ1v) is 6.94. The number of hydrogen-bond donors (Lipinski definition) is 0. The molecule has 0 aromatic heterocycles. The summed E-state index contributed by atoms with van der Waals surface area (Å²) in [6, 6.07) is 16.1. The number of nitrogens with zero attached hydrogens (tertiary/aromatic N) is 1. The van der Waals surface area contributed by atoms with E-state index in [2.05, 4.69) is 30.0 Å². The van der Waals surface area contributed by atoms with Crippen LogP contribution >= 0.6 is 0 Å². The van der Waals surface area contributed by atoms with Crippen LogP contribution in [0.15, 0.2) is 48.5 Å². The molecule has 0 aliphatic carbocycles. The number of aryl methyl sites for hydroxylation is 2. The lowest BCUT2D eigenvalue weighted by Gasteiger charge is -2.19. The fourth-order valence-corrected chi connectivity index (χ4v) is 2.15. The largest absolute Gasteiger partial charge is 0.374 e. The Morgan fingerprint density at radius 1 is 1.00 bits per heavy atom. The van der Waals surface area contributed by atoms with Gasteiger partial charge in [-0.25, -0.2) is 0 Å². The van der Waals surface area contributed by atoms with Crippen LogP contribution in [0.4, 0.5) is 5.69 Å². The van der Waals surface area contributed by atoms with Gasteiger partial charge >= 0.3 is 0 Å². The van der Waals surface area contributed by atoms with Crippen molar-refractivity contribution >= 4 is 11.5 Å². The molecule has 2 rings (SSSR count). The third-order valence-corrected chi connectivity index (χ3v) is 3.49. The van der Waals surface area contributed by atoms with Crippen molar-refractivity contribution in [1.29, 1.82) is 0 Å². The molecule has 0 radical (unpaired) electrons. The summed E-state index contributed by atoms with van der Waals surface area (Å²) in [6.45, 7) is 4.84. The van der Waals surface area contributed by atoms with Crippen LogP contribution in [0.3, 0.4) is 0 Å². The van der Waals surface area contributed by atoms with Gasteiger partial charge in [0.2, 0.25) is 0 Å². The van der Waals surface area contributed by atoms with E-state index in [1.165, 1.54) is 11.1 Å². The molecule has 0 bridgehead atoms. The average Bonchev–Trinajstić information content (AvgIpc) is 2.45. The van der Waals surface area contributed by atoms with Gasteiger partial charge in [-0.1, -0.05) is 42.0 Å². The predicted octanol–water partition coefficient (Wildman–Crippen LogP) is 4.01. The van der Waals surface area contributed by atoms with Gasteiger partial charge < -0.3 is 4.90 Å². The molecule has 2 heteroatoms. The number of carbonyl (C=O) groups excluding carboxylic acids is 1. The maximum atomic E-state index is 12.1. The van der Waals surface area contributed by atoms with Gasteiger partial charge in [0.05, 0.1) is 0 Å². The molecule has 0 saturated carbocycles. The summed E-state index contributed by atoms with van der Waals surface area (Å²) in [6.07, 6.45) is 0.535. The van der Waals surface area contributed by atoms with Crippen LogP contribution in [0.2, 0.25) is 0 Å². The maximum absolute atomic E-state index is 12.1. The van der Waals surface area contributed by atoms with Gasteiger partial charge in [-0.05, 0) is 31.5 Å². The smallest absolute Gasteiger partial charge is 0.164 e. The first-order valence-electron chi connectivity index (χ1n) is 6.94. The highest BCUT2D eigenvalue weighted by molar-refractivity contribution is 5.96. The number of Topliss-reactive ketones (excluding diaryl/α,β-unsaturated/α-hetero) is 1. The van der Waals surface area contributed by atoms with Crippen molar-refractivity contribution in [1.82, 2.24) is 0 Å². The van der Waals surface area contributed by atoms with Gasteiger partial charge in [0.15, 0.2) is 5.78 Å². The van der Waals surface area contributed by atoms with E-state index < -0.39 is 0 Å². The van der Waals surface area contributed by atoms with Gasteiger partial charge in [0, 0.05) is 31.3 Å². The van der Waals surface area contributed by atoms with Crippen LogP contribution in [0, 0.1) is 13.8 Å². The third kappa shape index (κ3) is 3.70. The van der Waals surface area contributed by atoms with Crippen LogP contribution < -0.4 is 4.90 Å². The molecule has 0 saturated heterocycles. The number of rotatable bonds is 5. The molecule has 0 aliphatic heterocycles. The molecule has 0 atom stereocenters. The average molecular weight is 267 g/mol. The zero-order valence-electron chi connectivity index (χ0n) is 12.4. The lowest BCUT2D eigenvalue weighted by molar-refractivity contribution is 0.0985. The Bertz CT molecular complexity index is 587. The molecule has 0 spiro atoms. The van der Waals surface area contributed by atoms with Crippen molar-refractivity contribution in [3.8, 4) is 0 Å². The van der Waals surface area contributed by atoms with Crippen molar-refractivity contribution in [2.75, 3.05) is 18.5 Å². The monoisotopic (exact) mass is 267 g/mol. The van der Waals surface area contributed by atoms with E-state index in [0.717, 1.165) is 17.8 Å². The number of ketones is 1. The number of anilines is 1. The minimum absolute atomic E-state index is 0.199. The quantitative estimate of drug-likeness (QED) is 0.763. The van der Waals surface area contributed by atoms with Crippen LogP contribution in [0.5, 0.6) is 0 Å². The highest BCUT2D eigenvalue weighted by Gasteiger charge is 2.08. The molecule has 0 unspecified atom stereocenters. The normalized spacial score (nSPS) is 10.3. The van der Waals surface area contributed by atoms with Gasteiger partial charge in [0.1, 0.15) is 0 Å². The van der Waals surface area contributed by atoms with Crippen molar-refractivity contribution < 1.29 is 4.79 Å². The zero-order valence-corrected chi connectivity index (χ0v) is 12.4. The van der Waals surface area contributed by atoms with Crippen molar-refractivity contribution in [2.24, 2.45) is 0 Å². The van der Waals surface area contributed by atoms with Crippen LogP contribution in [-0.4, -0.2) is 19.4 Å². The summed E-state index contributed by atoms with van der Waals surface area (Å²) in [5.41, 5.74) is 4.37. The first kappa shape index (κ1) is 14.3. The van der Waals surface area contributed by atoms with E-state index in [9.17, 15) is 4.79 Å². The Morgan fingerprint density at radius 2 is 1.70 bits per heavy atom. The second-order valence-electron chi connectivity index (χ2n) is 5.30. The van der Waals surface area contributed by atoms with Crippen LogP contribution in [0.25, 0.3) is 0 Å². The van der Waals surface area contributed by atoms with Gasteiger partial charge in [-0.3, -0.25) is 4.79 Å². The molecule has 2 aromatic rings. The minimum Gasteiger partial charge on any atom is -0.374 e. The van der Waals surface area contributed by atoms with Crippen molar-refractivity contribution in [3.05, 3.63) is 65.2 Å². The maximum Gasteiger partial charge on any atom is 0.164 e. The van der Waals surface area contributed by atoms with Gasteiger partial charge in [-0.2, -0.15) is 0 Å². The Kier molecular flexibility index (Phi) is 4.57. The third-order valence-electron chi connectivity index (χ3n) is 3.49. The Hall–Kier alpha value is -2.09. The highest BCUT2D eigenvalue weighted by atomic mass is 16.1. The summed E-state index contributed by atoms with van der Waals surface area (Å²) in [5, 5.41) is 0. The fraction of sp³-hybridized carbons (Fsp3) is 0.278. The van der Waals surface area contributed by atoms with E-state index in [4.69, 9.17) is 0 Å². The molecule has 2 aromatic carbocycles. The fourth-order valence-electron chi connectivity index (χ4n) is 2.15. The molecule has 2 nitrogen and oxygen atoms in total. The first-order chi connectivity index (χ1) is 9.56. The van der Waals surface area contributed by atoms with E-state index in [1.54, 1.807) is 0 Å². The molecule has 0 amide bonds. The SMILES string of the molecule is Cc1ccc(C(=O)CCN(C)c2cccc(C)c2)cc1. The molecule has 0 aliphatic rings. The summed E-state index contributed by atoms with van der Waals surface area (Å²) < 4.78 is 0. The summed E-state index contributed by atoms with van der Waals surface area (Å²) in [4.78, 5) is 14.3. The molecular weight excluding hydrogens is 246 g/mol.